The maximum absolute atomic E-state index is 12.0. The summed E-state index contributed by atoms with van der Waals surface area (Å²) >= 11 is 0. The van der Waals surface area contributed by atoms with Crippen molar-refractivity contribution in [2.75, 3.05) is 13.2 Å². The second-order valence-electron chi connectivity index (χ2n) is 7.16. The van der Waals surface area contributed by atoms with Gasteiger partial charge in [0.2, 0.25) is 5.91 Å². The Labute approximate surface area is 165 Å². The largest absolute Gasteiger partial charge is 0.443 e. The summed E-state index contributed by atoms with van der Waals surface area (Å²) in [6.07, 6.45) is 0.939. The van der Waals surface area contributed by atoms with E-state index in [-0.39, 0.29) is 0 Å². The fraction of sp³-hybridized carbons (Fsp3) is 0.524. The highest BCUT2D eigenvalue weighted by molar-refractivity contribution is 5.92. The lowest BCUT2D eigenvalue weighted by molar-refractivity contribution is -0.126. The van der Waals surface area contributed by atoms with Gasteiger partial charge in [0.1, 0.15) is 6.10 Å². The fourth-order valence-electron chi connectivity index (χ4n) is 3.44. The lowest BCUT2D eigenvalue weighted by Gasteiger charge is -2.19. The van der Waals surface area contributed by atoms with Gasteiger partial charge in [-0.15, -0.1) is 0 Å². The van der Waals surface area contributed by atoms with Gasteiger partial charge >= 0.3 is 6.09 Å². The maximum atomic E-state index is 12.0. The van der Waals surface area contributed by atoms with Crippen molar-refractivity contribution in [1.29, 1.82) is 0 Å². The molecule has 0 bridgehead atoms. The molecule has 2 rings (SSSR count). The summed E-state index contributed by atoms with van der Waals surface area (Å²) in [5, 5.41) is 18.5. The Morgan fingerprint density at radius 3 is 2.54 bits per heavy atom. The molecule has 0 spiro atoms. The molecule has 154 valence electrons. The highest BCUT2D eigenvalue weighted by atomic mass is 16.6. The van der Waals surface area contributed by atoms with Gasteiger partial charge < -0.3 is 19.7 Å². The van der Waals surface area contributed by atoms with Crippen LogP contribution in [0.1, 0.15) is 35.6 Å². The summed E-state index contributed by atoms with van der Waals surface area (Å²) in [5.41, 5.74) is 4.69. The first-order valence-electron chi connectivity index (χ1n) is 9.36. The van der Waals surface area contributed by atoms with E-state index >= 15 is 0 Å². The van der Waals surface area contributed by atoms with Crippen molar-refractivity contribution in [3.8, 4) is 0 Å². The first kappa shape index (κ1) is 22.1. The van der Waals surface area contributed by atoms with Crippen molar-refractivity contribution in [3.63, 3.8) is 0 Å². The van der Waals surface area contributed by atoms with Crippen molar-refractivity contribution in [2.24, 2.45) is 0 Å². The number of cyclic esters (lactones) is 1. The van der Waals surface area contributed by atoms with Gasteiger partial charge in [-0.3, -0.25) is 4.79 Å². The molecule has 0 saturated carbocycles. The first-order valence-corrected chi connectivity index (χ1v) is 9.36. The van der Waals surface area contributed by atoms with Crippen LogP contribution in [0.3, 0.4) is 0 Å². The van der Waals surface area contributed by atoms with E-state index in [2.05, 4.69) is 32.9 Å². The van der Waals surface area contributed by atoms with Crippen LogP contribution in [-0.2, 0) is 20.9 Å². The molecule has 2 amide bonds. The van der Waals surface area contributed by atoms with Crippen LogP contribution in [0.5, 0.6) is 0 Å². The number of ether oxygens (including phenoxy) is 2. The third kappa shape index (κ3) is 5.41. The minimum atomic E-state index is -1.06. The molecule has 7 heteroatoms. The average Bonchev–Trinajstić information content (AvgIpc) is 2.93. The lowest BCUT2D eigenvalue weighted by Crippen LogP contribution is -2.39. The second kappa shape index (κ2) is 9.82. The molecule has 28 heavy (non-hydrogen) atoms. The van der Waals surface area contributed by atoms with Crippen molar-refractivity contribution >= 4 is 12.0 Å². The Morgan fingerprint density at radius 1 is 1.32 bits per heavy atom. The van der Waals surface area contributed by atoms with E-state index in [4.69, 9.17) is 14.6 Å². The number of aryl methyl sites for hydroxylation is 3. The topological polar surface area (TPSA) is 96.3 Å². The van der Waals surface area contributed by atoms with E-state index in [0.29, 0.717) is 19.6 Å². The third-order valence-corrected chi connectivity index (χ3v) is 4.82. The van der Waals surface area contributed by atoms with E-state index in [1.165, 1.54) is 35.8 Å². The molecular formula is C21H29NO6. The third-order valence-electron chi connectivity index (χ3n) is 4.82. The minimum absolute atomic E-state index is 0.351. The molecule has 1 aliphatic rings. The number of benzene rings is 1. The van der Waals surface area contributed by atoms with E-state index in [1.807, 2.05) is 0 Å². The predicted octanol–water partition coefficient (Wildman–Crippen LogP) is 2.16. The molecule has 1 aromatic carbocycles. The normalized spacial score (nSPS) is 20.6. The number of amides is 2. The zero-order chi connectivity index (χ0) is 20.8. The fourth-order valence-corrected chi connectivity index (χ4v) is 3.44. The van der Waals surface area contributed by atoms with Crippen LogP contribution in [0, 0.1) is 20.8 Å². The summed E-state index contributed by atoms with van der Waals surface area (Å²) in [4.78, 5) is 24.8. The Kier molecular flexibility index (Phi) is 7.74. The Hall–Kier alpha value is -2.22. The molecule has 0 aliphatic carbocycles. The summed E-state index contributed by atoms with van der Waals surface area (Å²) in [6.45, 7) is 7.81. The average molecular weight is 391 g/mol. The van der Waals surface area contributed by atoms with Gasteiger partial charge in [0.25, 0.3) is 0 Å². The number of carbonyl (C=O) groups excluding carboxylic acids is 2. The second-order valence-corrected chi connectivity index (χ2v) is 7.16. The molecule has 7 nitrogen and oxygen atoms in total. The molecule has 1 heterocycles. The van der Waals surface area contributed by atoms with Gasteiger partial charge in [-0.1, -0.05) is 29.8 Å². The predicted molar refractivity (Wildman–Crippen MR) is 104 cm³/mol. The van der Waals surface area contributed by atoms with Crippen LogP contribution in [0.15, 0.2) is 24.3 Å². The summed E-state index contributed by atoms with van der Waals surface area (Å²) in [7, 11) is 0. The van der Waals surface area contributed by atoms with E-state index in [0.717, 1.165) is 10.5 Å². The number of imide groups is 1. The zero-order valence-electron chi connectivity index (χ0n) is 16.8. The summed E-state index contributed by atoms with van der Waals surface area (Å²) in [6, 6.07) is 3.59. The zero-order valence-corrected chi connectivity index (χ0v) is 16.8. The van der Waals surface area contributed by atoms with Crippen LogP contribution >= 0.6 is 0 Å². The number of rotatable bonds is 8. The number of aliphatic hydroxyl groups is 2. The van der Waals surface area contributed by atoms with Crippen LogP contribution in [0.2, 0.25) is 0 Å². The van der Waals surface area contributed by atoms with Gasteiger partial charge in [-0.05, 0) is 37.5 Å². The SMILES string of the molecule is CC(=O)N1C(=O)O[C@@H](CCOCc2c(C)cc(C)cc2C)[C@@H]1/C=C/[C@H](O)CO. The smallest absolute Gasteiger partial charge is 0.417 e. The number of carbonyl (C=O) groups is 2. The molecule has 0 aromatic heterocycles. The Morgan fingerprint density at radius 2 is 1.96 bits per heavy atom. The van der Waals surface area contributed by atoms with E-state index in [1.54, 1.807) is 0 Å². The van der Waals surface area contributed by atoms with Crippen LogP contribution < -0.4 is 0 Å². The quantitative estimate of drug-likeness (QED) is 0.521. The molecule has 2 N–H and O–H groups in total. The van der Waals surface area contributed by atoms with Crippen molar-refractivity contribution in [3.05, 3.63) is 46.5 Å². The van der Waals surface area contributed by atoms with Gasteiger partial charge in [-0.2, -0.15) is 0 Å². The van der Waals surface area contributed by atoms with E-state index in [9.17, 15) is 14.7 Å². The Bertz CT molecular complexity index is 721. The molecule has 1 aliphatic heterocycles. The molecule has 1 fully saturated rings. The maximum Gasteiger partial charge on any atom is 0.417 e. The van der Waals surface area contributed by atoms with Crippen LogP contribution in [0.4, 0.5) is 4.79 Å². The monoisotopic (exact) mass is 391 g/mol. The van der Waals surface area contributed by atoms with Gasteiger partial charge in [0, 0.05) is 13.3 Å². The summed E-state index contributed by atoms with van der Waals surface area (Å²) in [5.74, 6) is -0.438. The van der Waals surface area contributed by atoms with E-state index < -0.39 is 36.9 Å². The van der Waals surface area contributed by atoms with Gasteiger partial charge in [-0.25, -0.2) is 9.69 Å². The van der Waals surface area contributed by atoms with Crippen molar-refractivity contribution in [1.82, 2.24) is 4.90 Å². The number of hydrogen-bond donors (Lipinski definition) is 2. The Balaban J connectivity index is 1.98. The van der Waals surface area contributed by atoms with Crippen molar-refractivity contribution < 1.29 is 29.3 Å². The standard InChI is InChI=1S/C21H29NO6/c1-13-9-14(2)18(15(3)10-13)12-27-8-7-20-19(6-5-17(25)11-23)22(16(4)24)21(26)28-20/h5-6,9-10,17,19-20,23,25H,7-8,11-12H2,1-4H3/b6-5+/t17-,19-,20-/m0/s1. The highest BCUT2D eigenvalue weighted by Crippen LogP contribution is 2.24. The highest BCUT2D eigenvalue weighted by Gasteiger charge is 2.42. The molecule has 3 atom stereocenters. The first-order chi connectivity index (χ1) is 13.2. The van der Waals surface area contributed by atoms with Gasteiger partial charge in [0.05, 0.1) is 32.0 Å². The van der Waals surface area contributed by atoms with Gasteiger partial charge in [0.15, 0.2) is 0 Å². The van der Waals surface area contributed by atoms with Crippen molar-refractivity contribution in [2.45, 2.75) is 59.0 Å². The molecule has 0 unspecified atom stereocenters. The molecule has 1 aromatic rings. The molecular weight excluding hydrogens is 362 g/mol. The number of hydrogen-bond acceptors (Lipinski definition) is 6. The number of nitrogens with zero attached hydrogens (tertiary/aromatic N) is 1. The summed E-state index contributed by atoms with van der Waals surface area (Å²) < 4.78 is 11.1. The van der Waals surface area contributed by atoms with Crippen LogP contribution in [-0.4, -0.2) is 58.6 Å². The lowest BCUT2D eigenvalue weighted by atomic mass is 10.0. The number of aliphatic hydroxyl groups excluding tert-OH is 2. The molecule has 0 radical (unpaired) electrons. The van der Waals surface area contributed by atoms with Crippen LogP contribution in [0.25, 0.3) is 0 Å². The molecule has 1 saturated heterocycles. The minimum Gasteiger partial charge on any atom is -0.443 e.